The van der Waals surface area contributed by atoms with Gasteiger partial charge >= 0.3 is 6.03 Å². The lowest BCUT2D eigenvalue weighted by Gasteiger charge is -2.14. The normalized spacial score (nSPS) is 14.6. The van der Waals surface area contributed by atoms with Gasteiger partial charge in [-0.25, -0.2) is 9.78 Å². The fraction of sp³-hybridized carbons (Fsp3) is 0.353. The molecule has 0 unspecified atom stereocenters. The average Bonchev–Trinajstić information content (AvgIpc) is 3.16. The number of urea groups is 1. The number of hydrogen-bond donors (Lipinski definition) is 2. The summed E-state index contributed by atoms with van der Waals surface area (Å²) in [6, 6.07) is 7.16. The van der Waals surface area contributed by atoms with E-state index >= 15 is 0 Å². The summed E-state index contributed by atoms with van der Waals surface area (Å²) in [7, 11) is 0. The van der Waals surface area contributed by atoms with Crippen molar-refractivity contribution in [1.82, 2.24) is 10.3 Å². The van der Waals surface area contributed by atoms with Crippen molar-refractivity contribution in [1.29, 1.82) is 0 Å². The van der Waals surface area contributed by atoms with Gasteiger partial charge in [0.25, 0.3) is 5.91 Å². The van der Waals surface area contributed by atoms with E-state index in [0.29, 0.717) is 23.7 Å². The van der Waals surface area contributed by atoms with Gasteiger partial charge in [-0.05, 0) is 24.3 Å². The van der Waals surface area contributed by atoms with Gasteiger partial charge in [0.1, 0.15) is 4.88 Å². The van der Waals surface area contributed by atoms with Crippen molar-refractivity contribution in [2.24, 2.45) is 0 Å². The van der Waals surface area contributed by atoms with Crippen LogP contribution in [0.5, 0.6) is 0 Å². The van der Waals surface area contributed by atoms with Crippen LogP contribution in [0, 0.1) is 0 Å². The van der Waals surface area contributed by atoms with Crippen molar-refractivity contribution >= 4 is 34.6 Å². The Labute approximate surface area is 144 Å². The summed E-state index contributed by atoms with van der Waals surface area (Å²) in [4.78, 5) is 30.6. The van der Waals surface area contributed by atoms with E-state index in [0.717, 1.165) is 10.7 Å². The molecule has 2 heterocycles. The fourth-order valence-electron chi connectivity index (χ4n) is 2.36. The number of thiazole rings is 1. The summed E-state index contributed by atoms with van der Waals surface area (Å²) >= 11 is 1.41. The van der Waals surface area contributed by atoms with E-state index in [1.165, 1.54) is 11.3 Å². The summed E-state index contributed by atoms with van der Waals surface area (Å²) in [5, 5.41) is 6.56. The van der Waals surface area contributed by atoms with E-state index in [-0.39, 0.29) is 17.4 Å². The van der Waals surface area contributed by atoms with Crippen LogP contribution < -0.4 is 15.5 Å². The Morgan fingerprint density at radius 1 is 1.29 bits per heavy atom. The summed E-state index contributed by atoms with van der Waals surface area (Å²) in [6.07, 6.45) is 1.61. The number of carbonyl (C=O) groups is 2. The number of amides is 3. The van der Waals surface area contributed by atoms with Crippen molar-refractivity contribution in [3.8, 4) is 0 Å². The third-order valence-corrected chi connectivity index (χ3v) is 5.09. The second kappa shape index (κ2) is 6.24. The lowest BCUT2D eigenvalue weighted by atomic mass is 9.98. The molecule has 24 heavy (non-hydrogen) atoms. The van der Waals surface area contributed by atoms with E-state index in [2.05, 4.69) is 36.4 Å². The van der Waals surface area contributed by atoms with E-state index in [1.807, 2.05) is 12.1 Å². The maximum absolute atomic E-state index is 12.3. The summed E-state index contributed by atoms with van der Waals surface area (Å²) < 4.78 is 0. The molecule has 1 aliphatic heterocycles. The van der Waals surface area contributed by atoms with Crippen LogP contribution in [0.4, 0.5) is 16.2 Å². The number of hydrogen-bond acceptors (Lipinski definition) is 4. The number of rotatable bonds is 3. The maximum atomic E-state index is 12.3. The Morgan fingerprint density at radius 3 is 2.54 bits per heavy atom. The predicted octanol–water partition coefficient (Wildman–Crippen LogP) is 3.22. The highest BCUT2D eigenvalue weighted by Gasteiger charge is 2.22. The van der Waals surface area contributed by atoms with Crippen LogP contribution in [0.1, 0.15) is 35.5 Å². The standard InChI is InChI=1S/C17H20N4O2S/c1-17(2,3)15-19-10-13(24-15)14(22)20-11-4-6-12(7-5-11)21-9-8-18-16(21)23/h4-7,10H,8-9H2,1-3H3,(H,18,23)(H,20,22). The minimum absolute atomic E-state index is 0.0683. The molecule has 1 fully saturated rings. The summed E-state index contributed by atoms with van der Waals surface area (Å²) in [5.41, 5.74) is 1.44. The molecule has 1 saturated heterocycles. The minimum Gasteiger partial charge on any atom is -0.336 e. The number of carbonyl (C=O) groups excluding carboxylic acids is 2. The monoisotopic (exact) mass is 344 g/mol. The highest BCUT2D eigenvalue weighted by atomic mass is 32.1. The quantitative estimate of drug-likeness (QED) is 0.898. The molecular formula is C17H20N4O2S. The summed E-state index contributed by atoms with van der Waals surface area (Å²) in [6.45, 7) is 7.52. The van der Waals surface area contributed by atoms with Crippen LogP contribution in [0.15, 0.2) is 30.5 Å². The fourth-order valence-corrected chi connectivity index (χ4v) is 3.23. The molecular weight excluding hydrogens is 324 g/mol. The van der Waals surface area contributed by atoms with Crippen molar-refractivity contribution in [3.05, 3.63) is 40.3 Å². The van der Waals surface area contributed by atoms with Crippen LogP contribution >= 0.6 is 11.3 Å². The highest BCUT2D eigenvalue weighted by Crippen LogP contribution is 2.27. The van der Waals surface area contributed by atoms with Gasteiger partial charge < -0.3 is 10.6 Å². The molecule has 0 aliphatic carbocycles. The molecule has 2 N–H and O–H groups in total. The number of anilines is 2. The largest absolute Gasteiger partial charge is 0.336 e. The van der Waals surface area contributed by atoms with Gasteiger partial charge in [0, 0.05) is 29.9 Å². The highest BCUT2D eigenvalue weighted by molar-refractivity contribution is 7.13. The van der Waals surface area contributed by atoms with Gasteiger partial charge in [0.2, 0.25) is 0 Å². The van der Waals surface area contributed by atoms with Crippen LogP contribution in [0.25, 0.3) is 0 Å². The topological polar surface area (TPSA) is 74.3 Å². The van der Waals surface area contributed by atoms with Gasteiger partial charge in [-0.15, -0.1) is 11.3 Å². The third-order valence-electron chi connectivity index (χ3n) is 3.66. The number of benzene rings is 1. The molecule has 6 nitrogen and oxygen atoms in total. The molecule has 3 amide bonds. The molecule has 1 aromatic carbocycles. The smallest absolute Gasteiger partial charge is 0.321 e. The first-order chi connectivity index (χ1) is 11.3. The van der Waals surface area contributed by atoms with Crippen molar-refractivity contribution in [2.45, 2.75) is 26.2 Å². The first-order valence-corrected chi connectivity index (χ1v) is 8.59. The van der Waals surface area contributed by atoms with Gasteiger partial charge in [0.15, 0.2) is 0 Å². The molecule has 2 aromatic rings. The van der Waals surface area contributed by atoms with E-state index in [4.69, 9.17) is 0 Å². The average molecular weight is 344 g/mol. The number of nitrogens with zero attached hydrogens (tertiary/aromatic N) is 2. The zero-order chi connectivity index (χ0) is 17.3. The Kier molecular flexibility index (Phi) is 4.28. The second-order valence-electron chi connectivity index (χ2n) is 6.66. The first-order valence-electron chi connectivity index (χ1n) is 7.78. The van der Waals surface area contributed by atoms with Crippen molar-refractivity contribution in [2.75, 3.05) is 23.3 Å². The van der Waals surface area contributed by atoms with Gasteiger partial charge in [-0.2, -0.15) is 0 Å². The van der Waals surface area contributed by atoms with Gasteiger partial charge in [-0.1, -0.05) is 20.8 Å². The van der Waals surface area contributed by atoms with Gasteiger partial charge in [-0.3, -0.25) is 9.69 Å². The Hall–Kier alpha value is -2.41. The molecule has 0 atom stereocenters. The van der Waals surface area contributed by atoms with Crippen molar-refractivity contribution in [3.63, 3.8) is 0 Å². The molecule has 7 heteroatoms. The first kappa shape index (κ1) is 16.4. The van der Waals surface area contributed by atoms with Crippen LogP contribution in [-0.4, -0.2) is 30.0 Å². The molecule has 3 rings (SSSR count). The molecule has 0 radical (unpaired) electrons. The Morgan fingerprint density at radius 2 is 2.00 bits per heavy atom. The molecule has 0 bridgehead atoms. The van der Waals surface area contributed by atoms with E-state index in [9.17, 15) is 9.59 Å². The minimum atomic E-state index is -0.172. The number of nitrogens with one attached hydrogen (secondary N) is 2. The molecule has 1 aromatic heterocycles. The SMILES string of the molecule is CC(C)(C)c1ncc(C(=O)Nc2ccc(N3CCNC3=O)cc2)s1. The van der Waals surface area contributed by atoms with Gasteiger partial charge in [0.05, 0.1) is 11.2 Å². The Balaban J connectivity index is 1.68. The zero-order valence-electron chi connectivity index (χ0n) is 13.9. The van der Waals surface area contributed by atoms with Crippen LogP contribution in [-0.2, 0) is 5.41 Å². The zero-order valence-corrected chi connectivity index (χ0v) is 14.7. The third kappa shape index (κ3) is 3.41. The molecule has 0 spiro atoms. The van der Waals surface area contributed by atoms with Crippen LogP contribution in [0.2, 0.25) is 0 Å². The maximum Gasteiger partial charge on any atom is 0.321 e. The lowest BCUT2D eigenvalue weighted by molar-refractivity contribution is 0.103. The molecule has 1 aliphatic rings. The van der Waals surface area contributed by atoms with E-state index < -0.39 is 0 Å². The lowest BCUT2D eigenvalue weighted by Crippen LogP contribution is -2.27. The predicted molar refractivity (Wildman–Crippen MR) is 96.0 cm³/mol. The number of aromatic nitrogens is 1. The Bertz CT molecular complexity index is 762. The molecule has 126 valence electrons. The van der Waals surface area contributed by atoms with Crippen LogP contribution in [0.3, 0.4) is 0 Å². The molecule has 0 saturated carbocycles. The van der Waals surface area contributed by atoms with E-state index in [1.54, 1.807) is 23.2 Å². The second-order valence-corrected chi connectivity index (χ2v) is 7.69. The van der Waals surface area contributed by atoms with Crippen molar-refractivity contribution < 1.29 is 9.59 Å². The summed E-state index contributed by atoms with van der Waals surface area (Å²) in [5.74, 6) is -0.172.